The van der Waals surface area contributed by atoms with E-state index in [1.807, 2.05) is 32.1 Å². The summed E-state index contributed by atoms with van der Waals surface area (Å²) in [6, 6.07) is 5.41. The van der Waals surface area contributed by atoms with Crippen LogP contribution in [0.4, 0.5) is 0 Å². The molecule has 0 amide bonds. The molecule has 0 fully saturated rings. The van der Waals surface area contributed by atoms with Crippen LogP contribution in [0.25, 0.3) is 0 Å². The van der Waals surface area contributed by atoms with E-state index in [9.17, 15) is 9.90 Å². The van der Waals surface area contributed by atoms with Crippen LogP contribution in [0.15, 0.2) is 30.4 Å². The molecule has 3 nitrogen and oxygen atoms in total. The Morgan fingerprint density at radius 3 is 2.80 bits per heavy atom. The van der Waals surface area contributed by atoms with Crippen LogP contribution in [0.1, 0.15) is 45.1 Å². The van der Waals surface area contributed by atoms with E-state index in [1.165, 1.54) is 0 Å². The summed E-state index contributed by atoms with van der Waals surface area (Å²) in [7, 11) is 0. The lowest BCUT2D eigenvalue weighted by molar-refractivity contribution is -0.114. The molecule has 0 aromatic heterocycles. The van der Waals surface area contributed by atoms with Gasteiger partial charge < -0.3 is 9.84 Å². The van der Waals surface area contributed by atoms with Gasteiger partial charge in [-0.15, -0.1) is 0 Å². The number of carbonyl (C=O) groups is 1. The van der Waals surface area contributed by atoms with E-state index in [0.29, 0.717) is 18.8 Å². The fraction of sp³-hybridized carbons (Fsp3) is 0.471. The number of hydrogen-bond acceptors (Lipinski definition) is 3. The molecular weight excluding hydrogens is 252 g/mol. The van der Waals surface area contributed by atoms with Crippen LogP contribution < -0.4 is 4.74 Å². The van der Waals surface area contributed by atoms with Crippen molar-refractivity contribution in [3.63, 3.8) is 0 Å². The van der Waals surface area contributed by atoms with E-state index in [2.05, 4.69) is 0 Å². The van der Waals surface area contributed by atoms with Crippen molar-refractivity contribution < 1.29 is 14.6 Å². The van der Waals surface area contributed by atoms with Gasteiger partial charge in [-0.3, -0.25) is 4.79 Å². The summed E-state index contributed by atoms with van der Waals surface area (Å²) in [6.07, 6.45) is 7.64. The summed E-state index contributed by atoms with van der Waals surface area (Å²) >= 11 is 0. The zero-order chi connectivity index (χ0) is 14.8. The zero-order valence-electron chi connectivity index (χ0n) is 12.4. The minimum atomic E-state index is 0.177. The van der Waals surface area contributed by atoms with Crippen molar-refractivity contribution in [1.82, 2.24) is 0 Å². The minimum absolute atomic E-state index is 0.177. The van der Waals surface area contributed by atoms with Gasteiger partial charge in [-0.25, -0.2) is 0 Å². The summed E-state index contributed by atoms with van der Waals surface area (Å²) in [5.74, 6) is 0.899. The molecule has 1 rings (SSSR count). The van der Waals surface area contributed by atoms with Crippen molar-refractivity contribution in [2.24, 2.45) is 0 Å². The summed E-state index contributed by atoms with van der Waals surface area (Å²) in [5.41, 5.74) is 1.10. The molecular formula is C17H24O3. The average molecular weight is 276 g/mol. The quantitative estimate of drug-likeness (QED) is 0.692. The molecule has 1 N–H and O–H groups in total. The van der Waals surface area contributed by atoms with Crippen molar-refractivity contribution in [3.8, 4) is 11.5 Å². The molecule has 20 heavy (non-hydrogen) atoms. The lowest BCUT2D eigenvalue weighted by Gasteiger charge is -2.08. The number of carbonyl (C=O) groups excluding carboxylic acids is 1. The first-order chi connectivity index (χ1) is 9.67. The van der Waals surface area contributed by atoms with E-state index in [-0.39, 0.29) is 11.5 Å². The first-order valence-corrected chi connectivity index (χ1v) is 7.31. The molecule has 3 heteroatoms. The fourth-order valence-corrected chi connectivity index (χ4v) is 1.84. The molecule has 0 heterocycles. The van der Waals surface area contributed by atoms with Gasteiger partial charge in [0.2, 0.25) is 0 Å². The third-order valence-electron chi connectivity index (χ3n) is 2.89. The number of rotatable bonds is 9. The van der Waals surface area contributed by atoms with Gasteiger partial charge >= 0.3 is 0 Å². The number of ether oxygens (including phenoxy) is 1. The number of phenols is 1. The van der Waals surface area contributed by atoms with Crippen LogP contribution in [-0.2, 0) is 11.2 Å². The summed E-state index contributed by atoms with van der Waals surface area (Å²) in [6.45, 7) is 4.63. The molecule has 0 saturated carbocycles. The van der Waals surface area contributed by atoms with E-state index >= 15 is 0 Å². The second-order valence-corrected chi connectivity index (χ2v) is 4.81. The number of aromatic hydroxyl groups is 1. The van der Waals surface area contributed by atoms with Crippen LogP contribution >= 0.6 is 0 Å². The van der Waals surface area contributed by atoms with Crippen LogP contribution in [0, 0.1) is 0 Å². The van der Waals surface area contributed by atoms with Gasteiger partial charge in [0.15, 0.2) is 17.3 Å². The normalized spacial score (nSPS) is 10.9. The fourth-order valence-electron chi connectivity index (χ4n) is 1.84. The second kappa shape index (κ2) is 9.18. The van der Waals surface area contributed by atoms with Crippen LogP contribution in [0.2, 0.25) is 0 Å². The van der Waals surface area contributed by atoms with Gasteiger partial charge in [0.05, 0.1) is 6.61 Å². The average Bonchev–Trinajstić information content (AvgIpc) is 2.44. The molecule has 0 radical (unpaired) electrons. The predicted octanol–water partition coefficient (Wildman–Crippen LogP) is 4.04. The van der Waals surface area contributed by atoms with Gasteiger partial charge in [0.1, 0.15) is 0 Å². The van der Waals surface area contributed by atoms with Gasteiger partial charge in [0, 0.05) is 6.42 Å². The monoisotopic (exact) mass is 276 g/mol. The van der Waals surface area contributed by atoms with Gasteiger partial charge in [0.25, 0.3) is 0 Å². The predicted molar refractivity (Wildman–Crippen MR) is 81.3 cm³/mol. The number of hydrogen-bond donors (Lipinski definition) is 1. The van der Waals surface area contributed by atoms with Crippen molar-refractivity contribution in [1.29, 1.82) is 0 Å². The molecule has 110 valence electrons. The Kier molecular flexibility index (Phi) is 7.48. The molecule has 0 atom stereocenters. The molecule has 1 aromatic rings. The first-order valence-electron chi connectivity index (χ1n) is 7.31. The molecule has 0 aliphatic heterocycles. The van der Waals surface area contributed by atoms with Gasteiger partial charge in [-0.05, 0) is 49.5 Å². The lowest BCUT2D eigenvalue weighted by Crippen LogP contribution is -1.96. The van der Waals surface area contributed by atoms with Crippen molar-refractivity contribution in [2.45, 2.75) is 46.0 Å². The highest BCUT2D eigenvalue weighted by atomic mass is 16.5. The van der Waals surface area contributed by atoms with Crippen molar-refractivity contribution in [2.75, 3.05) is 6.61 Å². The van der Waals surface area contributed by atoms with Crippen LogP contribution in [0.3, 0.4) is 0 Å². The van der Waals surface area contributed by atoms with Crippen LogP contribution in [-0.4, -0.2) is 17.5 Å². The highest BCUT2D eigenvalue weighted by molar-refractivity contribution is 5.89. The standard InChI is InChI=1S/C17H24O3/c1-3-7-15(18)9-6-5-8-14-10-11-16(19)17(13-14)20-12-4-2/h6,9-11,13,19H,3-5,7-8,12H2,1-2H3. The van der Waals surface area contributed by atoms with Crippen molar-refractivity contribution in [3.05, 3.63) is 35.9 Å². The number of ketones is 1. The Hall–Kier alpha value is -1.77. The molecule has 0 spiro atoms. The maximum atomic E-state index is 11.3. The lowest BCUT2D eigenvalue weighted by atomic mass is 10.1. The second-order valence-electron chi connectivity index (χ2n) is 4.81. The smallest absolute Gasteiger partial charge is 0.161 e. The van der Waals surface area contributed by atoms with Crippen molar-refractivity contribution >= 4 is 5.78 Å². The molecule has 0 aliphatic rings. The Balaban J connectivity index is 2.49. The highest BCUT2D eigenvalue weighted by Crippen LogP contribution is 2.27. The van der Waals surface area contributed by atoms with Gasteiger partial charge in [-0.1, -0.05) is 26.0 Å². The Labute approximate surface area is 121 Å². The Morgan fingerprint density at radius 2 is 2.10 bits per heavy atom. The maximum absolute atomic E-state index is 11.3. The van der Waals surface area contributed by atoms with Crippen LogP contribution in [0.5, 0.6) is 11.5 Å². The third-order valence-corrected chi connectivity index (χ3v) is 2.89. The summed E-state index contributed by atoms with van der Waals surface area (Å²) in [4.78, 5) is 11.3. The summed E-state index contributed by atoms with van der Waals surface area (Å²) in [5, 5.41) is 9.68. The number of benzene rings is 1. The van der Waals surface area contributed by atoms with E-state index < -0.39 is 0 Å². The largest absolute Gasteiger partial charge is 0.504 e. The Morgan fingerprint density at radius 1 is 1.30 bits per heavy atom. The topological polar surface area (TPSA) is 46.5 Å². The SMILES string of the molecule is CCCOc1cc(CCC=CC(=O)CCC)ccc1O. The molecule has 1 aromatic carbocycles. The molecule has 0 bridgehead atoms. The molecule has 0 aliphatic carbocycles. The Bertz CT molecular complexity index is 450. The number of aryl methyl sites for hydroxylation is 1. The van der Waals surface area contributed by atoms with E-state index in [0.717, 1.165) is 31.2 Å². The van der Waals surface area contributed by atoms with E-state index in [1.54, 1.807) is 12.1 Å². The minimum Gasteiger partial charge on any atom is -0.504 e. The first kappa shape index (κ1) is 16.3. The van der Waals surface area contributed by atoms with E-state index in [4.69, 9.17) is 4.74 Å². The number of phenolic OH excluding ortho intramolecular Hbond substituents is 1. The maximum Gasteiger partial charge on any atom is 0.161 e. The highest BCUT2D eigenvalue weighted by Gasteiger charge is 2.03. The molecule has 0 unspecified atom stereocenters. The summed E-state index contributed by atoms with van der Waals surface area (Å²) < 4.78 is 5.48. The number of allylic oxidation sites excluding steroid dienone is 2. The van der Waals surface area contributed by atoms with Gasteiger partial charge in [-0.2, -0.15) is 0 Å². The third kappa shape index (κ3) is 5.91. The molecule has 0 saturated heterocycles. The zero-order valence-corrected chi connectivity index (χ0v) is 12.4.